The van der Waals surface area contributed by atoms with Crippen LogP contribution in [0.4, 0.5) is 5.69 Å². The molecule has 0 spiro atoms. The van der Waals surface area contributed by atoms with Crippen LogP contribution in [-0.4, -0.2) is 16.0 Å². The van der Waals surface area contributed by atoms with E-state index in [9.17, 15) is 4.79 Å². The Morgan fingerprint density at radius 3 is 2.67 bits per heavy atom. The Bertz CT molecular complexity index is 1000. The number of amides is 1. The third-order valence-electron chi connectivity index (χ3n) is 4.84. The molecule has 138 valence electrons. The fraction of sp³-hybridized carbons (Fsp3) is 0.227. The minimum absolute atomic E-state index is 0.0315. The van der Waals surface area contributed by atoms with Crippen LogP contribution in [0.3, 0.4) is 0 Å². The Morgan fingerprint density at radius 1 is 1.15 bits per heavy atom. The molecule has 3 aromatic rings. The van der Waals surface area contributed by atoms with Crippen molar-refractivity contribution in [2.45, 2.75) is 32.3 Å². The van der Waals surface area contributed by atoms with Gasteiger partial charge in [-0.15, -0.1) is 0 Å². The quantitative estimate of drug-likeness (QED) is 0.627. The molecule has 5 heteroatoms. The molecule has 0 bridgehead atoms. The topological polar surface area (TPSA) is 46.1 Å². The zero-order valence-electron chi connectivity index (χ0n) is 15.5. The number of para-hydroxylation sites is 1. The summed E-state index contributed by atoms with van der Waals surface area (Å²) in [7, 11) is 0. The van der Waals surface area contributed by atoms with Crippen LogP contribution in [0.15, 0.2) is 59.6 Å². The van der Waals surface area contributed by atoms with E-state index >= 15 is 0 Å². The molecule has 1 aliphatic rings. The molecule has 1 aromatic heterocycles. The second-order valence-corrected chi connectivity index (χ2v) is 7.71. The lowest BCUT2D eigenvalue weighted by Gasteiger charge is -2.12. The number of thioether (sulfide) groups is 1. The number of aromatic nitrogens is 1. The van der Waals surface area contributed by atoms with E-state index in [0.717, 1.165) is 29.1 Å². The highest BCUT2D eigenvalue weighted by Crippen LogP contribution is 2.32. The van der Waals surface area contributed by atoms with Crippen LogP contribution in [0.2, 0.25) is 0 Å². The zero-order chi connectivity index (χ0) is 18.8. The van der Waals surface area contributed by atoms with Crippen molar-refractivity contribution in [3.8, 4) is 0 Å². The van der Waals surface area contributed by atoms with E-state index in [-0.39, 0.29) is 11.4 Å². The number of carbonyl (C=O) groups is 1. The molecule has 2 aromatic carbocycles. The molecule has 0 radical (unpaired) electrons. The van der Waals surface area contributed by atoms with Gasteiger partial charge in [0.1, 0.15) is 0 Å². The van der Waals surface area contributed by atoms with Gasteiger partial charge in [0.15, 0.2) is 5.50 Å². The third kappa shape index (κ3) is 3.60. The van der Waals surface area contributed by atoms with E-state index in [4.69, 9.17) is 0 Å². The standard InChI is InChI=1S/C22H23N3OS/c1-3-15-9-11-17(12-10-15)23-22-24-21(26)20(27-22)13-16-14-25(4-2)19-8-6-5-7-18(16)19/h5-14,22-23H,3-4H2,1-2H3,(H,24,26)/b20-13-/t22-/m1/s1. The van der Waals surface area contributed by atoms with Gasteiger partial charge in [-0.2, -0.15) is 0 Å². The molecule has 0 aliphatic carbocycles. The van der Waals surface area contributed by atoms with E-state index in [1.807, 2.05) is 18.2 Å². The van der Waals surface area contributed by atoms with Gasteiger partial charge in [-0.1, -0.05) is 49.0 Å². The van der Waals surface area contributed by atoms with Crippen molar-refractivity contribution in [1.29, 1.82) is 0 Å². The van der Waals surface area contributed by atoms with Crippen molar-refractivity contribution < 1.29 is 4.79 Å². The second kappa shape index (κ2) is 7.53. The van der Waals surface area contributed by atoms with Crippen LogP contribution in [0, 0.1) is 0 Å². The van der Waals surface area contributed by atoms with E-state index < -0.39 is 0 Å². The summed E-state index contributed by atoms with van der Waals surface area (Å²) in [5, 5.41) is 7.56. The van der Waals surface area contributed by atoms with Gasteiger partial charge in [-0.25, -0.2) is 0 Å². The lowest BCUT2D eigenvalue weighted by Crippen LogP contribution is -2.30. The van der Waals surface area contributed by atoms with Crippen LogP contribution >= 0.6 is 11.8 Å². The first-order valence-electron chi connectivity index (χ1n) is 9.30. The van der Waals surface area contributed by atoms with E-state index in [1.165, 1.54) is 28.2 Å². The number of nitrogens with one attached hydrogen (secondary N) is 2. The van der Waals surface area contributed by atoms with Gasteiger partial charge in [0.25, 0.3) is 5.91 Å². The molecule has 27 heavy (non-hydrogen) atoms. The van der Waals surface area contributed by atoms with Crippen molar-refractivity contribution in [3.05, 3.63) is 70.8 Å². The molecule has 1 fully saturated rings. The Balaban J connectivity index is 1.55. The second-order valence-electron chi connectivity index (χ2n) is 6.56. The summed E-state index contributed by atoms with van der Waals surface area (Å²) >= 11 is 1.52. The van der Waals surface area contributed by atoms with E-state index in [1.54, 1.807) is 0 Å². The molecule has 2 heterocycles. The SMILES string of the molecule is CCc1ccc(N[C@@H]2NC(=O)/C(=C/c3cn(CC)c4ccccc34)S2)cc1. The summed E-state index contributed by atoms with van der Waals surface area (Å²) in [4.78, 5) is 13.2. The van der Waals surface area contributed by atoms with Gasteiger partial charge < -0.3 is 15.2 Å². The fourth-order valence-corrected chi connectivity index (χ4v) is 4.32. The maximum absolute atomic E-state index is 12.4. The summed E-state index contributed by atoms with van der Waals surface area (Å²) < 4.78 is 2.21. The first-order valence-corrected chi connectivity index (χ1v) is 10.2. The highest BCUT2D eigenvalue weighted by Gasteiger charge is 2.27. The molecule has 0 saturated carbocycles. The summed E-state index contributed by atoms with van der Waals surface area (Å²) in [6.07, 6.45) is 5.14. The first-order chi connectivity index (χ1) is 13.2. The van der Waals surface area contributed by atoms with Gasteiger partial charge in [0.05, 0.1) is 4.91 Å². The largest absolute Gasteiger partial charge is 0.357 e. The Hall–Kier alpha value is -2.66. The van der Waals surface area contributed by atoms with Crippen molar-refractivity contribution >= 4 is 40.3 Å². The average Bonchev–Trinajstić information content (AvgIpc) is 3.23. The monoisotopic (exact) mass is 377 g/mol. The van der Waals surface area contributed by atoms with Gasteiger partial charge >= 0.3 is 0 Å². The minimum atomic E-state index is -0.157. The molecule has 0 unspecified atom stereocenters. The summed E-state index contributed by atoms with van der Waals surface area (Å²) in [6.45, 7) is 5.17. The van der Waals surface area contributed by atoms with Crippen LogP contribution < -0.4 is 10.6 Å². The molecule has 4 nitrogen and oxygen atoms in total. The molecule has 2 N–H and O–H groups in total. The molecular weight excluding hydrogens is 354 g/mol. The highest BCUT2D eigenvalue weighted by molar-refractivity contribution is 8.05. The van der Waals surface area contributed by atoms with E-state index in [2.05, 4.69) is 71.6 Å². The normalized spacial score (nSPS) is 18.2. The minimum Gasteiger partial charge on any atom is -0.357 e. The number of anilines is 1. The lowest BCUT2D eigenvalue weighted by atomic mass is 10.1. The van der Waals surface area contributed by atoms with Crippen LogP contribution in [0.1, 0.15) is 25.0 Å². The van der Waals surface area contributed by atoms with Crippen LogP contribution in [0.25, 0.3) is 17.0 Å². The number of hydrogen-bond acceptors (Lipinski definition) is 3. The smallest absolute Gasteiger partial charge is 0.260 e. The number of aryl methyl sites for hydroxylation is 2. The van der Waals surface area contributed by atoms with Gasteiger partial charge in [-0.3, -0.25) is 4.79 Å². The maximum Gasteiger partial charge on any atom is 0.260 e. The lowest BCUT2D eigenvalue weighted by molar-refractivity contribution is -0.116. The van der Waals surface area contributed by atoms with Crippen molar-refractivity contribution in [2.24, 2.45) is 0 Å². The number of benzene rings is 2. The molecule has 1 amide bonds. The average molecular weight is 378 g/mol. The molecule has 1 atom stereocenters. The molecular formula is C22H23N3OS. The Morgan fingerprint density at radius 2 is 1.93 bits per heavy atom. The van der Waals surface area contributed by atoms with Gasteiger partial charge in [0, 0.05) is 34.9 Å². The number of fused-ring (bicyclic) bond motifs is 1. The number of hydrogen-bond donors (Lipinski definition) is 2. The summed E-state index contributed by atoms with van der Waals surface area (Å²) in [5.41, 5.74) is 4.43. The molecule has 1 aliphatic heterocycles. The van der Waals surface area contributed by atoms with Crippen molar-refractivity contribution in [3.63, 3.8) is 0 Å². The Kier molecular flexibility index (Phi) is 4.94. The predicted molar refractivity (Wildman–Crippen MR) is 115 cm³/mol. The van der Waals surface area contributed by atoms with Crippen LogP contribution in [-0.2, 0) is 17.8 Å². The van der Waals surface area contributed by atoms with E-state index in [0.29, 0.717) is 0 Å². The zero-order valence-corrected chi connectivity index (χ0v) is 16.3. The third-order valence-corrected chi connectivity index (χ3v) is 5.87. The summed E-state index contributed by atoms with van der Waals surface area (Å²) in [6, 6.07) is 16.6. The number of rotatable bonds is 5. The highest BCUT2D eigenvalue weighted by atomic mass is 32.2. The summed E-state index contributed by atoms with van der Waals surface area (Å²) in [5.74, 6) is -0.0315. The maximum atomic E-state index is 12.4. The Labute approximate surface area is 163 Å². The number of carbonyl (C=O) groups excluding carboxylic acids is 1. The van der Waals surface area contributed by atoms with Crippen molar-refractivity contribution in [1.82, 2.24) is 9.88 Å². The van der Waals surface area contributed by atoms with Crippen LogP contribution in [0.5, 0.6) is 0 Å². The fourth-order valence-electron chi connectivity index (χ4n) is 3.35. The number of nitrogens with zero attached hydrogens (tertiary/aromatic N) is 1. The van der Waals surface area contributed by atoms with Crippen molar-refractivity contribution in [2.75, 3.05) is 5.32 Å². The molecule has 4 rings (SSSR count). The van der Waals surface area contributed by atoms with Gasteiger partial charge in [-0.05, 0) is 43.2 Å². The first kappa shape index (κ1) is 17.7. The molecule has 1 saturated heterocycles. The van der Waals surface area contributed by atoms with Gasteiger partial charge in [0.2, 0.25) is 0 Å². The predicted octanol–water partition coefficient (Wildman–Crippen LogP) is 4.82.